The van der Waals surface area contributed by atoms with Crippen molar-refractivity contribution in [2.75, 3.05) is 6.54 Å². The third-order valence-electron chi connectivity index (χ3n) is 3.35. The van der Waals surface area contributed by atoms with Crippen LogP contribution in [0.3, 0.4) is 0 Å². The summed E-state index contributed by atoms with van der Waals surface area (Å²) in [6, 6.07) is 2.63. The van der Waals surface area contributed by atoms with Gasteiger partial charge >= 0.3 is 11.0 Å². The number of rotatable bonds is 5. The van der Waals surface area contributed by atoms with Crippen molar-refractivity contribution in [1.29, 1.82) is 0 Å². The fraction of sp³-hybridized carbons (Fsp3) is 0.455. The molecule has 2 rings (SSSR count). The van der Waals surface area contributed by atoms with Gasteiger partial charge in [-0.1, -0.05) is 17.8 Å². The Morgan fingerprint density at radius 1 is 1.47 bits per heavy atom. The average molecular weight is 284 g/mol. The highest BCUT2D eigenvalue weighted by Crippen LogP contribution is 2.40. The lowest BCUT2D eigenvalue weighted by Crippen LogP contribution is -2.47. The van der Waals surface area contributed by atoms with E-state index >= 15 is 0 Å². The fourth-order valence-corrected chi connectivity index (χ4v) is 2.69. The Morgan fingerprint density at radius 3 is 2.58 bits per heavy atom. The molecule has 1 aliphatic rings. The molecule has 0 aliphatic heterocycles. The number of nitrogens with zero attached hydrogens (tertiary/aromatic N) is 1. The predicted octanol–water partition coefficient (Wildman–Crippen LogP) is 1.64. The van der Waals surface area contributed by atoms with Gasteiger partial charge in [0.15, 0.2) is 0 Å². The summed E-state index contributed by atoms with van der Waals surface area (Å²) in [4.78, 5) is 33.0. The summed E-state index contributed by atoms with van der Waals surface area (Å²) >= 11 is 0.775. The first-order chi connectivity index (χ1) is 8.94. The van der Waals surface area contributed by atoms with Gasteiger partial charge in [0, 0.05) is 12.6 Å². The van der Waals surface area contributed by atoms with E-state index in [0.29, 0.717) is 12.8 Å². The maximum Gasteiger partial charge on any atom is 0.324 e. The summed E-state index contributed by atoms with van der Waals surface area (Å²) in [5, 5.41) is 22.0. The Morgan fingerprint density at radius 2 is 2.16 bits per heavy atom. The van der Waals surface area contributed by atoms with Crippen LogP contribution < -0.4 is 5.32 Å². The zero-order chi connectivity index (χ0) is 14.0. The van der Waals surface area contributed by atoms with Crippen LogP contribution in [0.15, 0.2) is 12.1 Å². The van der Waals surface area contributed by atoms with E-state index in [0.717, 1.165) is 17.8 Å². The van der Waals surface area contributed by atoms with Gasteiger partial charge in [0.1, 0.15) is 0 Å². The number of carboxylic acids is 1. The number of nitro groups is 1. The van der Waals surface area contributed by atoms with E-state index < -0.39 is 22.2 Å². The van der Waals surface area contributed by atoms with E-state index in [-0.39, 0.29) is 16.4 Å². The molecule has 0 radical (unpaired) electrons. The molecule has 1 fully saturated rings. The second-order valence-electron chi connectivity index (χ2n) is 4.52. The molecule has 102 valence electrons. The third-order valence-corrected chi connectivity index (χ3v) is 4.38. The minimum Gasteiger partial charge on any atom is -0.481 e. The molecule has 1 heterocycles. The number of carbonyl (C=O) groups is 2. The summed E-state index contributed by atoms with van der Waals surface area (Å²) < 4.78 is 0. The zero-order valence-corrected chi connectivity index (χ0v) is 10.7. The number of carbonyl (C=O) groups excluding carboxylic acids is 1. The molecule has 0 aromatic carbocycles. The van der Waals surface area contributed by atoms with Crippen LogP contribution >= 0.6 is 11.3 Å². The Kier molecular flexibility index (Phi) is 3.52. The number of hydrogen-bond acceptors (Lipinski definition) is 5. The van der Waals surface area contributed by atoms with E-state index in [1.807, 2.05) is 0 Å². The molecule has 1 aromatic heterocycles. The maximum absolute atomic E-state index is 11.8. The van der Waals surface area contributed by atoms with Crippen molar-refractivity contribution in [2.45, 2.75) is 19.3 Å². The molecule has 0 saturated heterocycles. The van der Waals surface area contributed by atoms with Crippen molar-refractivity contribution in [2.24, 2.45) is 5.41 Å². The Balaban J connectivity index is 1.97. The van der Waals surface area contributed by atoms with E-state index in [1.54, 1.807) is 0 Å². The van der Waals surface area contributed by atoms with Gasteiger partial charge in [-0.05, 0) is 18.9 Å². The van der Waals surface area contributed by atoms with Crippen molar-refractivity contribution in [1.82, 2.24) is 5.32 Å². The van der Waals surface area contributed by atoms with Crippen LogP contribution in [-0.4, -0.2) is 28.5 Å². The van der Waals surface area contributed by atoms with Crippen LogP contribution in [0.1, 0.15) is 28.9 Å². The largest absolute Gasteiger partial charge is 0.481 e. The molecule has 19 heavy (non-hydrogen) atoms. The van der Waals surface area contributed by atoms with Crippen molar-refractivity contribution in [3.05, 3.63) is 27.1 Å². The van der Waals surface area contributed by atoms with Crippen molar-refractivity contribution in [3.63, 3.8) is 0 Å². The monoisotopic (exact) mass is 284 g/mol. The molecular formula is C11H12N2O5S. The van der Waals surface area contributed by atoms with E-state index in [2.05, 4.69) is 5.32 Å². The molecule has 1 amide bonds. The number of aliphatic carboxylic acids is 1. The quantitative estimate of drug-likeness (QED) is 0.631. The SMILES string of the molecule is O=C(NCC1(C(=O)O)CCC1)c1ccc([N+](=O)[O-])s1. The van der Waals surface area contributed by atoms with Crippen LogP contribution in [0.2, 0.25) is 0 Å². The average Bonchev–Trinajstić information content (AvgIpc) is 2.75. The lowest BCUT2D eigenvalue weighted by Gasteiger charge is -2.37. The molecule has 0 spiro atoms. The van der Waals surface area contributed by atoms with Crippen LogP contribution in [0.25, 0.3) is 0 Å². The second-order valence-corrected chi connectivity index (χ2v) is 5.58. The molecule has 8 heteroatoms. The topological polar surface area (TPSA) is 110 Å². The summed E-state index contributed by atoms with van der Waals surface area (Å²) in [5.41, 5.74) is -0.862. The molecule has 0 unspecified atom stereocenters. The molecule has 1 aromatic rings. The second kappa shape index (κ2) is 4.96. The molecule has 1 saturated carbocycles. The highest BCUT2D eigenvalue weighted by molar-refractivity contribution is 7.17. The Labute approximate surface area is 112 Å². The molecule has 0 atom stereocenters. The maximum atomic E-state index is 11.8. The van der Waals surface area contributed by atoms with Crippen LogP contribution in [0.5, 0.6) is 0 Å². The van der Waals surface area contributed by atoms with Crippen molar-refractivity contribution >= 4 is 28.2 Å². The van der Waals surface area contributed by atoms with E-state index in [4.69, 9.17) is 5.11 Å². The number of carboxylic acid groups (broad SMARTS) is 1. The Hall–Kier alpha value is -1.96. The van der Waals surface area contributed by atoms with Gasteiger partial charge in [-0.3, -0.25) is 19.7 Å². The smallest absolute Gasteiger partial charge is 0.324 e. The molecular weight excluding hydrogens is 272 g/mol. The molecule has 2 N–H and O–H groups in total. The van der Waals surface area contributed by atoms with Gasteiger partial charge < -0.3 is 10.4 Å². The minimum absolute atomic E-state index is 0.0624. The molecule has 0 bridgehead atoms. The first-order valence-corrected chi connectivity index (χ1v) is 6.52. The standard InChI is InChI=1S/C11H12N2O5S/c14-9(7-2-3-8(19-7)13(17)18)12-6-11(10(15)16)4-1-5-11/h2-3H,1,4-6H2,(H,12,14)(H,15,16). The number of nitrogens with one attached hydrogen (secondary N) is 1. The number of hydrogen-bond donors (Lipinski definition) is 2. The molecule has 1 aliphatic carbocycles. The van der Waals surface area contributed by atoms with Crippen molar-refractivity contribution < 1.29 is 19.6 Å². The normalized spacial score (nSPS) is 16.4. The number of thiophene rings is 1. The highest BCUT2D eigenvalue weighted by atomic mass is 32.1. The highest BCUT2D eigenvalue weighted by Gasteiger charge is 2.44. The zero-order valence-electron chi connectivity index (χ0n) is 9.92. The van der Waals surface area contributed by atoms with Crippen LogP contribution in [0, 0.1) is 15.5 Å². The molecule has 7 nitrogen and oxygen atoms in total. The number of amides is 1. The summed E-state index contributed by atoms with van der Waals surface area (Å²) in [6.07, 6.45) is 1.94. The van der Waals surface area contributed by atoms with Gasteiger partial charge in [0.05, 0.1) is 15.2 Å². The van der Waals surface area contributed by atoms with Crippen LogP contribution in [0.4, 0.5) is 5.00 Å². The van der Waals surface area contributed by atoms with E-state index in [1.165, 1.54) is 12.1 Å². The first kappa shape index (κ1) is 13.5. The fourth-order valence-electron chi connectivity index (χ4n) is 1.95. The third kappa shape index (κ3) is 2.58. The Bertz CT molecular complexity index is 535. The lowest BCUT2D eigenvalue weighted by atomic mass is 9.69. The van der Waals surface area contributed by atoms with E-state index in [9.17, 15) is 19.7 Å². The summed E-state index contributed by atoms with van der Waals surface area (Å²) in [5.74, 6) is -1.37. The van der Waals surface area contributed by atoms with Gasteiger partial charge in [0.2, 0.25) is 0 Å². The summed E-state index contributed by atoms with van der Waals surface area (Å²) in [6.45, 7) is 0.0624. The van der Waals surface area contributed by atoms with Gasteiger partial charge in [-0.15, -0.1) is 0 Å². The van der Waals surface area contributed by atoms with Gasteiger partial charge in [-0.2, -0.15) is 0 Å². The van der Waals surface area contributed by atoms with Crippen molar-refractivity contribution in [3.8, 4) is 0 Å². The lowest BCUT2D eigenvalue weighted by molar-refractivity contribution is -0.380. The first-order valence-electron chi connectivity index (χ1n) is 5.70. The summed E-state index contributed by atoms with van der Waals surface area (Å²) in [7, 11) is 0. The van der Waals surface area contributed by atoms with Gasteiger partial charge in [0.25, 0.3) is 5.91 Å². The predicted molar refractivity (Wildman–Crippen MR) is 67.2 cm³/mol. The van der Waals surface area contributed by atoms with Crippen LogP contribution in [-0.2, 0) is 4.79 Å². The van der Waals surface area contributed by atoms with Gasteiger partial charge in [-0.25, -0.2) is 0 Å². The minimum atomic E-state index is -0.906.